The lowest BCUT2D eigenvalue weighted by Gasteiger charge is -2.08. The summed E-state index contributed by atoms with van der Waals surface area (Å²) < 4.78 is 0. The smallest absolute Gasteiger partial charge is 0.278 e. The summed E-state index contributed by atoms with van der Waals surface area (Å²) in [4.78, 5) is 12.2. The van der Waals surface area contributed by atoms with Gasteiger partial charge in [-0.1, -0.05) is 31.5 Å². The SMILES string of the molecule is Cc1ccc(Cl)cc1NC(=O)c1n[nH]c(C(C)C)c1N. The van der Waals surface area contributed by atoms with Crippen LogP contribution >= 0.6 is 11.6 Å². The van der Waals surface area contributed by atoms with Crippen molar-refractivity contribution in [3.05, 3.63) is 40.2 Å². The number of hydrogen-bond donors (Lipinski definition) is 3. The minimum Gasteiger partial charge on any atom is -0.395 e. The van der Waals surface area contributed by atoms with Crippen molar-refractivity contribution in [2.24, 2.45) is 0 Å². The Hall–Kier alpha value is -2.01. The summed E-state index contributed by atoms with van der Waals surface area (Å²) in [6.07, 6.45) is 0. The Labute approximate surface area is 122 Å². The number of carbonyl (C=O) groups excluding carboxylic acids is 1. The van der Waals surface area contributed by atoms with Crippen LogP contribution in [-0.2, 0) is 0 Å². The molecule has 0 fully saturated rings. The molecule has 0 unspecified atom stereocenters. The van der Waals surface area contributed by atoms with Crippen molar-refractivity contribution in [2.45, 2.75) is 26.7 Å². The molecule has 2 aromatic rings. The molecule has 0 atom stereocenters. The third-order valence-corrected chi connectivity index (χ3v) is 3.31. The third kappa shape index (κ3) is 2.77. The van der Waals surface area contributed by atoms with E-state index in [0.29, 0.717) is 16.4 Å². The zero-order valence-electron chi connectivity index (χ0n) is 11.6. The summed E-state index contributed by atoms with van der Waals surface area (Å²) in [7, 11) is 0. The van der Waals surface area contributed by atoms with Crippen LogP contribution in [0.4, 0.5) is 11.4 Å². The molecule has 0 saturated carbocycles. The molecular weight excluding hydrogens is 276 g/mol. The maximum Gasteiger partial charge on any atom is 0.278 e. The molecule has 4 N–H and O–H groups in total. The number of nitrogens with two attached hydrogens (primary N) is 1. The van der Waals surface area contributed by atoms with E-state index >= 15 is 0 Å². The van der Waals surface area contributed by atoms with Gasteiger partial charge >= 0.3 is 0 Å². The number of H-pyrrole nitrogens is 1. The number of halogens is 1. The summed E-state index contributed by atoms with van der Waals surface area (Å²) in [6.45, 7) is 5.85. The highest BCUT2D eigenvalue weighted by Gasteiger charge is 2.19. The Morgan fingerprint density at radius 1 is 1.45 bits per heavy atom. The molecule has 0 spiro atoms. The van der Waals surface area contributed by atoms with Crippen molar-refractivity contribution in [3.63, 3.8) is 0 Å². The number of nitrogens with zero attached hydrogens (tertiary/aromatic N) is 1. The van der Waals surface area contributed by atoms with Crippen LogP contribution in [0.3, 0.4) is 0 Å². The number of carbonyl (C=O) groups is 1. The van der Waals surface area contributed by atoms with E-state index in [1.807, 2.05) is 26.8 Å². The molecule has 0 aliphatic carbocycles. The van der Waals surface area contributed by atoms with E-state index in [4.69, 9.17) is 17.3 Å². The van der Waals surface area contributed by atoms with Crippen LogP contribution < -0.4 is 11.1 Å². The molecule has 5 nitrogen and oxygen atoms in total. The van der Waals surface area contributed by atoms with E-state index < -0.39 is 0 Å². The Morgan fingerprint density at radius 3 is 2.75 bits per heavy atom. The fraction of sp³-hybridized carbons (Fsp3) is 0.286. The number of anilines is 2. The molecule has 0 aliphatic rings. The first-order chi connectivity index (χ1) is 9.40. The summed E-state index contributed by atoms with van der Waals surface area (Å²) in [5.74, 6) is -0.173. The van der Waals surface area contributed by atoms with Crippen LogP contribution in [0.15, 0.2) is 18.2 Å². The fourth-order valence-corrected chi connectivity index (χ4v) is 2.06. The minimum absolute atomic E-state index is 0.178. The number of benzene rings is 1. The summed E-state index contributed by atoms with van der Waals surface area (Å²) >= 11 is 5.93. The van der Waals surface area contributed by atoms with Crippen molar-refractivity contribution in [2.75, 3.05) is 11.1 Å². The molecule has 1 heterocycles. The van der Waals surface area contributed by atoms with Crippen LogP contribution in [-0.4, -0.2) is 16.1 Å². The monoisotopic (exact) mass is 292 g/mol. The van der Waals surface area contributed by atoms with E-state index in [2.05, 4.69) is 15.5 Å². The summed E-state index contributed by atoms with van der Waals surface area (Å²) in [5, 5.41) is 10.1. The van der Waals surface area contributed by atoms with Gasteiger partial charge in [-0.05, 0) is 30.5 Å². The zero-order chi connectivity index (χ0) is 14.9. The van der Waals surface area contributed by atoms with Crippen LogP contribution in [0.25, 0.3) is 0 Å². The maximum absolute atomic E-state index is 12.2. The van der Waals surface area contributed by atoms with Gasteiger partial charge in [-0.15, -0.1) is 0 Å². The molecule has 0 aliphatic heterocycles. The van der Waals surface area contributed by atoms with Gasteiger partial charge in [0.1, 0.15) is 0 Å². The lowest BCUT2D eigenvalue weighted by molar-refractivity contribution is 0.102. The molecule has 20 heavy (non-hydrogen) atoms. The first-order valence-corrected chi connectivity index (χ1v) is 6.69. The standard InChI is InChI=1S/C14H17ClN4O/c1-7(2)12-11(16)13(19-18-12)14(20)17-10-6-9(15)5-4-8(10)3/h4-7H,16H2,1-3H3,(H,17,20)(H,18,19). The van der Waals surface area contributed by atoms with Crippen molar-refractivity contribution in [1.29, 1.82) is 0 Å². The number of aromatic nitrogens is 2. The quantitative estimate of drug-likeness (QED) is 0.811. The van der Waals surface area contributed by atoms with Gasteiger partial charge in [0, 0.05) is 10.7 Å². The van der Waals surface area contributed by atoms with Gasteiger partial charge in [-0.3, -0.25) is 9.89 Å². The Balaban J connectivity index is 2.26. The summed E-state index contributed by atoms with van der Waals surface area (Å²) in [5.41, 5.74) is 8.86. The predicted molar refractivity (Wildman–Crippen MR) is 81.2 cm³/mol. The van der Waals surface area contributed by atoms with Crippen LogP contribution in [0.2, 0.25) is 5.02 Å². The van der Waals surface area contributed by atoms with Crippen LogP contribution in [0.1, 0.15) is 41.5 Å². The van der Waals surface area contributed by atoms with Gasteiger partial charge in [-0.25, -0.2) is 0 Å². The van der Waals surface area contributed by atoms with Crippen LogP contribution in [0, 0.1) is 6.92 Å². The first-order valence-electron chi connectivity index (χ1n) is 6.31. The average molecular weight is 293 g/mol. The topological polar surface area (TPSA) is 83.8 Å². The van der Waals surface area contributed by atoms with Gasteiger partial charge in [-0.2, -0.15) is 5.10 Å². The largest absolute Gasteiger partial charge is 0.395 e. The second-order valence-corrected chi connectivity index (χ2v) is 5.40. The van der Waals surface area contributed by atoms with Gasteiger partial charge < -0.3 is 11.1 Å². The van der Waals surface area contributed by atoms with E-state index in [0.717, 1.165) is 11.3 Å². The maximum atomic E-state index is 12.2. The second-order valence-electron chi connectivity index (χ2n) is 4.97. The van der Waals surface area contributed by atoms with Crippen molar-refractivity contribution < 1.29 is 4.79 Å². The lowest BCUT2D eigenvalue weighted by Crippen LogP contribution is -2.15. The molecule has 1 amide bonds. The number of aryl methyl sites for hydroxylation is 1. The fourth-order valence-electron chi connectivity index (χ4n) is 1.89. The predicted octanol–water partition coefficient (Wildman–Crippen LogP) is 3.33. The van der Waals surface area contributed by atoms with Crippen molar-refractivity contribution in [1.82, 2.24) is 10.2 Å². The highest BCUT2D eigenvalue weighted by atomic mass is 35.5. The van der Waals surface area contributed by atoms with Gasteiger partial charge in [0.25, 0.3) is 5.91 Å². The first kappa shape index (κ1) is 14.4. The highest BCUT2D eigenvalue weighted by molar-refractivity contribution is 6.31. The number of amides is 1. The third-order valence-electron chi connectivity index (χ3n) is 3.07. The Morgan fingerprint density at radius 2 is 2.15 bits per heavy atom. The Kier molecular flexibility index (Phi) is 3.99. The number of nitrogens with one attached hydrogen (secondary N) is 2. The minimum atomic E-state index is -0.351. The van der Waals surface area contributed by atoms with Gasteiger partial charge in [0.15, 0.2) is 5.69 Å². The summed E-state index contributed by atoms with van der Waals surface area (Å²) in [6, 6.07) is 5.30. The second kappa shape index (κ2) is 5.54. The van der Waals surface area contributed by atoms with E-state index in [-0.39, 0.29) is 17.5 Å². The molecular formula is C14H17ClN4O. The van der Waals surface area contributed by atoms with Gasteiger partial charge in [0.2, 0.25) is 0 Å². The number of hydrogen-bond acceptors (Lipinski definition) is 3. The molecule has 1 aromatic carbocycles. The molecule has 0 saturated heterocycles. The molecule has 0 bridgehead atoms. The lowest BCUT2D eigenvalue weighted by atomic mass is 10.1. The zero-order valence-corrected chi connectivity index (χ0v) is 12.4. The molecule has 0 radical (unpaired) electrons. The highest BCUT2D eigenvalue weighted by Crippen LogP contribution is 2.24. The van der Waals surface area contributed by atoms with Crippen LogP contribution in [0.5, 0.6) is 0 Å². The van der Waals surface area contributed by atoms with E-state index in [9.17, 15) is 4.79 Å². The number of nitrogen functional groups attached to an aromatic ring is 1. The molecule has 2 rings (SSSR count). The number of rotatable bonds is 3. The van der Waals surface area contributed by atoms with E-state index in [1.54, 1.807) is 12.1 Å². The normalized spacial score (nSPS) is 10.8. The number of aromatic amines is 1. The molecule has 1 aromatic heterocycles. The van der Waals surface area contributed by atoms with Crippen molar-refractivity contribution in [3.8, 4) is 0 Å². The Bertz CT molecular complexity index is 649. The molecule has 106 valence electrons. The van der Waals surface area contributed by atoms with Gasteiger partial charge in [0.05, 0.1) is 11.4 Å². The molecule has 6 heteroatoms. The van der Waals surface area contributed by atoms with E-state index in [1.165, 1.54) is 0 Å². The average Bonchev–Trinajstić information content (AvgIpc) is 2.76. The van der Waals surface area contributed by atoms with Crippen molar-refractivity contribution >= 4 is 28.9 Å².